The van der Waals surface area contributed by atoms with Crippen LogP contribution < -0.4 is 15.2 Å². The number of benzene rings is 1. The van der Waals surface area contributed by atoms with Gasteiger partial charge in [0, 0.05) is 12.7 Å². The molecule has 0 aromatic heterocycles. The lowest BCUT2D eigenvalue weighted by Gasteiger charge is -2.15. The van der Waals surface area contributed by atoms with Gasteiger partial charge < -0.3 is 4.74 Å². The van der Waals surface area contributed by atoms with Gasteiger partial charge in [0.25, 0.3) is 0 Å². The van der Waals surface area contributed by atoms with Crippen LogP contribution in [-0.4, -0.2) is 13.7 Å². The Hall–Kier alpha value is -1.48. The molecule has 1 aliphatic heterocycles. The molecule has 1 N–H and O–H groups in total. The fourth-order valence-electron chi connectivity index (χ4n) is 1.28. The number of hydrogen-bond acceptors (Lipinski definition) is 3. The van der Waals surface area contributed by atoms with Gasteiger partial charge in [0.05, 0.1) is 12.8 Å². The van der Waals surface area contributed by atoms with Crippen molar-refractivity contribution < 1.29 is 4.74 Å². The Labute approximate surface area is 77.6 Å². The maximum absolute atomic E-state index is 5.07. The van der Waals surface area contributed by atoms with Crippen molar-refractivity contribution in [2.24, 2.45) is 0 Å². The third-order valence-electron chi connectivity index (χ3n) is 1.98. The number of hydrazine groups is 1. The van der Waals surface area contributed by atoms with Gasteiger partial charge in [-0.15, -0.1) is 0 Å². The standard InChI is InChI=1S/C10H12N2O/c1-13-10-5-3-9(4-6-10)12-8-2-7-11-12/h2-6,8,11H,7H2,1H3. The van der Waals surface area contributed by atoms with Gasteiger partial charge >= 0.3 is 0 Å². The average molecular weight is 176 g/mol. The molecule has 0 saturated carbocycles. The first kappa shape index (κ1) is 8.13. The van der Waals surface area contributed by atoms with Gasteiger partial charge in [-0.2, -0.15) is 0 Å². The minimum absolute atomic E-state index is 0.881. The molecule has 0 atom stereocenters. The van der Waals surface area contributed by atoms with E-state index in [4.69, 9.17) is 4.74 Å². The molecular weight excluding hydrogens is 164 g/mol. The summed E-state index contributed by atoms with van der Waals surface area (Å²) >= 11 is 0. The number of nitrogens with one attached hydrogen (secondary N) is 1. The molecule has 1 aromatic carbocycles. The fourth-order valence-corrected chi connectivity index (χ4v) is 1.28. The Morgan fingerprint density at radius 1 is 1.31 bits per heavy atom. The predicted molar refractivity (Wildman–Crippen MR) is 52.6 cm³/mol. The maximum Gasteiger partial charge on any atom is 0.119 e. The van der Waals surface area contributed by atoms with Gasteiger partial charge in [0.15, 0.2) is 0 Å². The number of rotatable bonds is 2. The van der Waals surface area contributed by atoms with E-state index in [-0.39, 0.29) is 0 Å². The normalized spacial score (nSPS) is 15.0. The van der Waals surface area contributed by atoms with Gasteiger partial charge in [-0.05, 0) is 24.3 Å². The van der Waals surface area contributed by atoms with E-state index in [2.05, 4.69) is 11.5 Å². The summed E-state index contributed by atoms with van der Waals surface area (Å²) < 4.78 is 5.07. The summed E-state index contributed by atoms with van der Waals surface area (Å²) in [5.41, 5.74) is 4.31. The van der Waals surface area contributed by atoms with E-state index in [0.29, 0.717) is 0 Å². The lowest BCUT2D eigenvalue weighted by molar-refractivity contribution is 0.415. The zero-order chi connectivity index (χ0) is 9.10. The molecular formula is C10H12N2O. The van der Waals surface area contributed by atoms with E-state index < -0.39 is 0 Å². The molecule has 0 aliphatic carbocycles. The van der Waals surface area contributed by atoms with Crippen molar-refractivity contribution in [3.8, 4) is 5.75 Å². The van der Waals surface area contributed by atoms with Crippen LogP contribution in [0.4, 0.5) is 5.69 Å². The topological polar surface area (TPSA) is 24.5 Å². The van der Waals surface area contributed by atoms with E-state index in [1.807, 2.05) is 35.5 Å². The Bertz CT molecular complexity index is 305. The number of anilines is 1. The monoisotopic (exact) mass is 176 g/mol. The molecule has 1 aliphatic rings. The highest BCUT2D eigenvalue weighted by Crippen LogP contribution is 2.18. The van der Waals surface area contributed by atoms with Crippen LogP contribution >= 0.6 is 0 Å². The van der Waals surface area contributed by atoms with Crippen LogP contribution in [0.1, 0.15) is 0 Å². The molecule has 2 rings (SSSR count). The third-order valence-corrected chi connectivity index (χ3v) is 1.98. The first-order chi connectivity index (χ1) is 6.40. The van der Waals surface area contributed by atoms with E-state index in [1.54, 1.807) is 7.11 Å². The summed E-state index contributed by atoms with van der Waals surface area (Å²) in [6.07, 6.45) is 4.09. The predicted octanol–water partition coefficient (Wildman–Crippen LogP) is 1.53. The van der Waals surface area contributed by atoms with E-state index in [1.165, 1.54) is 0 Å². The molecule has 0 bridgehead atoms. The minimum Gasteiger partial charge on any atom is -0.497 e. The SMILES string of the molecule is COc1ccc(N2C=CCN2)cc1. The molecule has 0 unspecified atom stereocenters. The second-order valence-electron chi connectivity index (χ2n) is 2.82. The summed E-state index contributed by atoms with van der Waals surface area (Å²) in [6.45, 7) is 0.895. The molecule has 3 heteroatoms. The van der Waals surface area contributed by atoms with Crippen molar-refractivity contribution in [1.29, 1.82) is 0 Å². The van der Waals surface area contributed by atoms with Crippen molar-refractivity contribution in [2.75, 3.05) is 18.7 Å². The lowest BCUT2D eigenvalue weighted by Crippen LogP contribution is -2.27. The average Bonchev–Trinajstić information content (AvgIpc) is 2.71. The van der Waals surface area contributed by atoms with Crippen LogP contribution in [0.2, 0.25) is 0 Å². The Morgan fingerprint density at radius 2 is 2.08 bits per heavy atom. The highest BCUT2D eigenvalue weighted by atomic mass is 16.5. The molecule has 68 valence electrons. The molecule has 0 amide bonds. The molecule has 0 saturated heterocycles. The highest BCUT2D eigenvalue weighted by molar-refractivity contribution is 5.51. The smallest absolute Gasteiger partial charge is 0.119 e. The van der Waals surface area contributed by atoms with Crippen molar-refractivity contribution in [3.63, 3.8) is 0 Å². The van der Waals surface area contributed by atoms with Crippen LogP contribution in [0.25, 0.3) is 0 Å². The van der Waals surface area contributed by atoms with E-state index >= 15 is 0 Å². The number of hydrogen-bond donors (Lipinski definition) is 1. The second kappa shape index (κ2) is 3.49. The van der Waals surface area contributed by atoms with Gasteiger partial charge in [0.2, 0.25) is 0 Å². The number of methoxy groups -OCH3 is 1. The maximum atomic E-state index is 5.07. The Balaban J connectivity index is 2.17. The van der Waals surface area contributed by atoms with Crippen LogP contribution in [0.3, 0.4) is 0 Å². The molecule has 1 heterocycles. The van der Waals surface area contributed by atoms with Gasteiger partial charge in [-0.1, -0.05) is 6.08 Å². The molecule has 0 fully saturated rings. The summed E-state index contributed by atoms with van der Waals surface area (Å²) in [5.74, 6) is 0.881. The van der Waals surface area contributed by atoms with Crippen LogP contribution in [0.15, 0.2) is 36.5 Å². The summed E-state index contributed by atoms with van der Waals surface area (Å²) in [7, 11) is 1.67. The third kappa shape index (κ3) is 1.65. The molecule has 13 heavy (non-hydrogen) atoms. The second-order valence-corrected chi connectivity index (χ2v) is 2.82. The summed E-state index contributed by atoms with van der Waals surface area (Å²) in [4.78, 5) is 0. The van der Waals surface area contributed by atoms with E-state index in [9.17, 15) is 0 Å². The van der Waals surface area contributed by atoms with Crippen LogP contribution in [0, 0.1) is 0 Å². The fraction of sp³-hybridized carbons (Fsp3) is 0.200. The van der Waals surface area contributed by atoms with Gasteiger partial charge in [-0.3, -0.25) is 5.01 Å². The Morgan fingerprint density at radius 3 is 2.62 bits per heavy atom. The van der Waals surface area contributed by atoms with E-state index in [0.717, 1.165) is 18.0 Å². The van der Waals surface area contributed by atoms with Crippen LogP contribution in [-0.2, 0) is 0 Å². The minimum atomic E-state index is 0.881. The Kier molecular flexibility index (Phi) is 2.19. The zero-order valence-electron chi connectivity index (χ0n) is 7.53. The number of nitrogens with zero attached hydrogens (tertiary/aromatic N) is 1. The van der Waals surface area contributed by atoms with Crippen molar-refractivity contribution >= 4 is 5.69 Å². The molecule has 1 aromatic rings. The summed E-state index contributed by atoms with van der Waals surface area (Å²) in [6, 6.07) is 7.93. The van der Waals surface area contributed by atoms with Gasteiger partial charge in [-0.25, -0.2) is 5.43 Å². The van der Waals surface area contributed by atoms with Crippen molar-refractivity contribution in [1.82, 2.24) is 5.43 Å². The quantitative estimate of drug-likeness (QED) is 0.739. The first-order valence-electron chi connectivity index (χ1n) is 4.23. The number of ether oxygens (including phenoxy) is 1. The van der Waals surface area contributed by atoms with Crippen molar-refractivity contribution in [2.45, 2.75) is 0 Å². The lowest BCUT2D eigenvalue weighted by atomic mass is 10.3. The van der Waals surface area contributed by atoms with Crippen molar-refractivity contribution in [3.05, 3.63) is 36.5 Å². The molecule has 0 spiro atoms. The summed E-state index contributed by atoms with van der Waals surface area (Å²) in [5, 5.41) is 1.99. The van der Waals surface area contributed by atoms with Crippen LogP contribution in [0.5, 0.6) is 5.75 Å². The first-order valence-corrected chi connectivity index (χ1v) is 4.23. The van der Waals surface area contributed by atoms with Gasteiger partial charge in [0.1, 0.15) is 5.75 Å². The largest absolute Gasteiger partial charge is 0.497 e. The molecule has 3 nitrogen and oxygen atoms in total. The zero-order valence-corrected chi connectivity index (χ0v) is 7.53. The highest BCUT2D eigenvalue weighted by Gasteiger charge is 2.05. The molecule has 0 radical (unpaired) electrons.